The van der Waals surface area contributed by atoms with Crippen molar-refractivity contribution < 1.29 is 0 Å². The molecule has 2 atom stereocenters. The zero-order valence-corrected chi connectivity index (χ0v) is 13.1. The van der Waals surface area contributed by atoms with Crippen molar-refractivity contribution in [2.24, 2.45) is 5.92 Å². The van der Waals surface area contributed by atoms with Gasteiger partial charge in [-0.05, 0) is 38.1 Å². The third kappa shape index (κ3) is 3.28. The minimum Gasteiger partial charge on any atom is -0.363 e. The van der Waals surface area contributed by atoms with Gasteiger partial charge in [0.2, 0.25) is 0 Å². The zero-order chi connectivity index (χ0) is 14.8. The molecule has 0 saturated carbocycles. The summed E-state index contributed by atoms with van der Waals surface area (Å²) in [6, 6.07) is 1.09. The van der Waals surface area contributed by atoms with E-state index >= 15 is 0 Å². The maximum atomic E-state index is 12.4. The molecule has 3 rings (SSSR count). The second kappa shape index (κ2) is 6.18. The fourth-order valence-corrected chi connectivity index (χ4v) is 3.63. The number of piperidine rings is 1. The number of anilines is 1. The van der Waals surface area contributed by atoms with Gasteiger partial charge in [0.25, 0.3) is 5.56 Å². The lowest BCUT2D eigenvalue weighted by Gasteiger charge is -2.35. The van der Waals surface area contributed by atoms with Crippen LogP contribution in [0, 0.1) is 5.92 Å². The molecule has 1 aromatic rings. The SMILES string of the molecule is CC(C)Cn1ccnc(NC2CCN3CCCC3C2)c1=O. The first-order chi connectivity index (χ1) is 10.1. The van der Waals surface area contributed by atoms with Crippen molar-refractivity contribution in [3.05, 3.63) is 22.7 Å². The van der Waals surface area contributed by atoms with Crippen LogP contribution in [0.15, 0.2) is 17.2 Å². The first-order valence-electron chi connectivity index (χ1n) is 8.19. The van der Waals surface area contributed by atoms with Gasteiger partial charge in [-0.15, -0.1) is 0 Å². The van der Waals surface area contributed by atoms with Crippen molar-refractivity contribution in [1.29, 1.82) is 0 Å². The van der Waals surface area contributed by atoms with Crippen molar-refractivity contribution in [3.63, 3.8) is 0 Å². The van der Waals surface area contributed by atoms with Crippen molar-refractivity contribution in [2.75, 3.05) is 18.4 Å². The van der Waals surface area contributed by atoms with Crippen molar-refractivity contribution >= 4 is 5.82 Å². The molecule has 2 unspecified atom stereocenters. The van der Waals surface area contributed by atoms with E-state index in [0.29, 0.717) is 23.8 Å². The fourth-order valence-electron chi connectivity index (χ4n) is 3.63. The molecule has 2 aliphatic heterocycles. The highest BCUT2D eigenvalue weighted by atomic mass is 16.1. The highest BCUT2D eigenvalue weighted by Gasteiger charge is 2.31. The molecule has 0 spiro atoms. The number of fused-ring (bicyclic) bond motifs is 1. The summed E-state index contributed by atoms with van der Waals surface area (Å²) < 4.78 is 1.77. The van der Waals surface area contributed by atoms with Crippen LogP contribution in [-0.2, 0) is 6.54 Å². The molecule has 0 radical (unpaired) electrons. The number of hydrogen-bond donors (Lipinski definition) is 1. The normalized spacial score (nSPS) is 26.0. The average Bonchev–Trinajstić information content (AvgIpc) is 2.90. The highest BCUT2D eigenvalue weighted by Crippen LogP contribution is 2.27. The molecule has 0 amide bonds. The molecule has 2 aliphatic rings. The Morgan fingerprint density at radius 1 is 1.38 bits per heavy atom. The predicted molar refractivity (Wildman–Crippen MR) is 84.6 cm³/mol. The Morgan fingerprint density at radius 3 is 3.05 bits per heavy atom. The quantitative estimate of drug-likeness (QED) is 0.920. The Labute approximate surface area is 126 Å². The van der Waals surface area contributed by atoms with Crippen LogP contribution in [0.2, 0.25) is 0 Å². The molecular formula is C16H26N4O. The van der Waals surface area contributed by atoms with Gasteiger partial charge in [-0.3, -0.25) is 4.79 Å². The maximum Gasteiger partial charge on any atom is 0.293 e. The Bertz CT molecular complexity index is 539. The van der Waals surface area contributed by atoms with E-state index in [0.717, 1.165) is 25.9 Å². The van der Waals surface area contributed by atoms with Gasteiger partial charge < -0.3 is 14.8 Å². The molecule has 116 valence electrons. The summed E-state index contributed by atoms with van der Waals surface area (Å²) in [6.07, 6.45) is 8.39. The second-order valence-electron chi connectivity index (χ2n) is 6.82. The van der Waals surface area contributed by atoms with E-state index in [2.05, 4.69) is 29.0 Å². The fraction of sp³-hybridized carbons (Fsp3) is 0.750. The Balaban J connectivity index is 1.69. The molecule has 0 bridgehead atoms. The Morgan fingerprint density at radius 2 is 2.24 bits per heavy atom. The summed E-state index contributed by atoms with van der Waals surface area (Å²) in [5.74, 6) is 0.981. The van der Waals surface area contributed by atoms with Gasteiger partial charge in [0.05, 0.1) is 0 Å². The van der Waals surface area contributed by atoms with Crippen LogP contribution in [0.3, 0.4) is 0 Å². The van der Waals surface area contributed by atoms with Gasteiger partial charge in [0, 0.05) is 37.6 Å². The van der Waals surface area contributed by atoms with Gasteiger partial charge in [0.1, 0.15) is 0 Å². The molecule has 1 aromatic heterocycles. The van der Waals surface area contributed by atoms with Crippen LogP contribution in [-0.4, -0.2) is 39.6 Å². The molecule has 5 heteroatoms. The van der Waals surface area contributed by atoms with Crippen molar-refractivity contribution in [1.82, 2.24) is 14.5 Å². The Hall–Kier alpha value is -1.36. The minimum absolute atomic E-state index is 0.0139. The van der Waals surface area contributed by atoms with Gasteiger partial charge in [-0.1, -0.05) is 13.8 Å². The first-order valence-corrected chi connectivity index (χ1v) is 8.19. The van der Waals surface area contributed by atoms with Crippen LogP contribution in [0.1, 0.15) is 39.5 Å². The lowest BCUT2D eigenvalue weighted by Crippen LogP contribution is -2.43. The van der Waals surface area contributed by atoms with E-state index < -0.39 is 0 Å². The van der Waals surface area contributed by atoms with Gasteiger partial charge in [-0.25, -0.2) is 4.98 Å². The minimum atomic E-state index is 0.0139. The van der Waals surface area contributed by atoms with E-state index in [9.17, 15) is 4.79 Å². The van der Waals surface area contributed by atoms with Crippen LogP contribution in [0.4, 0.5) is 5.82 Å². The van der Waals surface area contributed by atoms with E-state index in [1.165, 1.54) is 19.4 Å². The summed E-state index contributed by atoms with van der Waals surface area (Å²) in [7, 11) is 0. The molecular weight excluding hydrogens is 264 g/mol. The third-order valence-corrected chi connectivity index (χ3v) is 4.64. The lowest BCUT2D eigenvalue weighted by atomic mass is 9.98. The topological polar surface area (TPSA) is 50.2 Å². The zero-order valence-electron chi connectivity index (χ0n) is 13.1. The van der Waals surface area contributed by atoms with Crippen LogP contribution in [0.5, 0.6) is 0 Å². The summed E-state index contributed by atoms with van der Waals surface area (Å²) in [5, 5.41) is 3.40. The van der Waals surface area contributed by atoms with Crippen LogP contribution in [0.25, 0.3) is 0 Å². The van der Waals surface area contributed by atoms with E-state index in [-0.39, 0.29) is 5.56 Å². The smallest absolute Gasteiger partial charge is 0.293 e. The lowest BCUT2D eigenvalue weighted by molar-refractivity contribution is 0.188. The van der Waals surface area contributed by atoms with Gasteiger partial charge >= 0.3 is 0 Å². The molecule has 0 aromatic carbocycles. The Kier molecular flexibility index (Phi) is 4.29. The highest BCUT2D eigenvalue weighted by molar-refractivity contribution is 5.32. The van der Waals surface area contributed by atoms with Crippen LogP contribution >= 0.6 is 0 Å². The van der Waals surface area contributed by atoms with E-state index in [1.807, 2.05) is 0 Å². The molecule has 21 heavy (non-hydrogen) atoms. The second-order valence-corrected chi connectivity index (χ2v) is 6.82. The summed E-state index contributed by atoms with van der Waals surface area (Å²) >= 11 is 0. The predicted octanol–water partition coefficient (Wildman–Crippen LogP) is 1.94. The number of hydrogen-bond acceptors (Lipinski definition) is 4. The van der Waals surface area contributed by atoms with Crippen molar-refractivity contribution in [2.45, 2.75) is 58.2 Å². The number of nitrogens with zero attached hydrogens (tertiary/aromatic N) is 3. The standard InChI is InChI=1S/C16H26N4O/c1-12(2)11-20-9-6-17-15(16(20)21)18-13-5-8-19-7-3-4-14(19)10-13/h6,9,12-14H,3-5,7-8,10-11H2,1-2H3,(H,17,18). The number of rotatable bonds is 4. The third-order valence-electron chi connectivity index (χ3n) is 4.64. The molecule has 0 aliphatic carbocycles. The molecule has 5 nitrogen and oxygen atoms in total. The average molecular weight is 290 g/mol. The summed E-state index contributed by atoms with van der Waals surface area (Å²) in [5.41, 5.74) is 0.0139. The van der Waals surface area contributed by atoms with Crippen LogP contribution < -0.4 is 10.9 Å². The van der Waals surface area contributed by atoms with Gasteiger partial charge in [0.15, 0.2) is 5.82 Å². The molecule has 2 saturated heterocycles. The summed E-state index contributed by atoms with van der Waals surface area (Å²) in [6.45, 7) is 7.39. The van der Waals surface area contributed by atoms with E-state index in [1.54, 1.807) is 17.0 Å². The monoisotopic (exact) mass is 290 g/mol. The van der Waals surface area contributed by atoms with E-state index in [4.69, 9.17) is 0 Å². The van der Waals surface area contributed by atoms with Crippen molar-refractivity contribution in [3.8, 4) is 0 Å². The summed E-state index contributed by atoms with van der Waals surface area (Å²) in [4.78, 5) is 19.3. The number of nitrogens with one attached hydrogen (secondary N) is 1. The molecule has 2 fully saturated rings. The molecule has 1 N–H and O–H groups in total. The molecule has 3 heterocycles. The largest absolute Gasteiger partial charge is 0.363 e. The van der Waals surface area contributed by atoms with Gasteiger partial charge in [-0.2, -0.15) is 0 Å². The first kappa shape index (κ1) is 14.6. The maximum absolute atomic E-state index is 12.4. The number of aromatic nitrogens is 2.